The Hall–Kier alpha value is -1.58. The third kappa shape index (κ3) is 1.47. The van der Waals surface area contributed by atoms with Crippen LogP contribution in [0.2, 0.25) is 0 Å². The van der Waals surface area contributed by atoms with Crippen LogP contribution in [0.5, 0.6) is 0 Å². The molecule has 0 aromatic carbocycles. The number of H-pyrrole nitrogens is 1. The van der Waals surface area contributed by atoms with E-state index in [1.54, 1.807) is 13.8 Å². The molecule has 0 spiro atoms. The van der Waals surface area contributed by atoms with Gasteiger partial charge in [-0.25, -0.2) is 4.79 Å². The SMILES string of the molecule is COC(=O)c1[nH]c(C)c(C)c1C=O. The fraction of sp³-hybridized carbons (Fsp3) is 0.333. The number of esters is 1. The summed E-state index contributed by atoms with van der Waals surface area (Å²) in [7, 11) is 1.28. The number of methoxy groups -OCH3 is 1. The number of aldehydes is 1. The molecule has 1 aromatic heterocycles. The largest absolute Gasteiger partial charge is 0.464 e. The highest BCUT2D eigenvalue weighted by Crippen LogP contribution is 2.16. The van der Waals surface area contributed by atoms with Gasteiger partial charge in [0.15, 0.2) is 6.29 Å². The predicted molar refractivity (Wildman–Crippen MR) is 47.0 cm³/mol. The fourth-order valence-corrected chi connectivity index (χ4v) is 1.15. The van der Waals surface area contributed by atoms with Crippen molar-refractivity contribution in [3.05, 3.63) is 22.5 Å². The van der Waals surface area contributed by atoms with E-state index < -0.39 is 5.97 Å². The van der Waals surface area contributed by atoms with Crippen molar-refractivity contribution in [1.29, 1.82) is 0 Å². The Bertz CT molecular complexity index is 352. The van der Waals surface area contributed by atoms with Gasteiger partial charge in [0, 0.05) is 11.3 Å². The molecule has 0 saturated carbocycles. The van der Waals surface area contributed by atoms with Gasteiger partial charge < -0.3 is 9.72 Å². The Labute approximate surface area is 75.9 Å². The number of aromatic nitrogens is 1. The van der Waals surface area contributed by atoms with Gasteiger partial charge in [-0.1, -0.05) is 0 Å². The standard InChI is InChI=1S/C9H11NO3/c1-5-6(2)10-8(7(5)4-11)9(12)13-3/h4,10H,1-3H3. The van der Waals surface area contributed by atoms with E-state index in [0.717, 1.165) is 11.3 Å². The number of hydrogen-bond acceptors (Lipinski definition) is 3. The summed E-state index contributed by atoms with van der Waals surface area (Å²) in [4.78, 5) is 24.6. The van der Waals surface area contributed by atoms with Gasteiger partial charge in [0.05, 0.1) is 7.11 Å². The lowest BCUT2D eigenvalue weighted by Gasteiger charge is -1.95. The molecule has 0 amide bonds. The smallest absolute Gasteiger partial charge is 0.355 e. The van der Waals surface area contributed by atoms with E-state index in [2.05, 4.69) is 9.72 Å². The van der Waals surface area contributed by atoms with Gasteiger partial charge in [-0.05, 0) is 19.4 Å². The van der Waals surface area contributed by atoms with E-state index in [1.807, 2.05) is 0 Å². The van der Waals surface area contributed by atoms with Crippen LogP contribution in [0.15, 0.2) is 0 Å². The molecule has 4 heteroatoms. The van der Waals surface area contributed by atoms with E-state index >= 15 is 0 Å². The zero-order chi connectivity index (χ0) is 10.0. The lowest BCUT2D eigenvalue weighted by molar-refractivity contribution is 0.0592. The van der Waals surface area contributed by atoms with Gasteiger partial charge in [-0.2, -0.15) is 0 Å². The van der Waals surface area contributed by atoms with Crippen molar-refractivity contribution in [1.82, 2.24) is 4.98 Å². The maximum Gasteiger partial charge on any atom is 0.355 e. The lowest BCUT2D eigenvalue weighted by atomic mass is 10.1. The number of aryl methyl sites for hydroxylation is 1. The topological polar surface area (TPSA) is 59.2 Å². The van der Waals surface area contributed by atoms with Gasteiger partial charge >= 0.3 is 5.97 Å². The summed E-state index contributed by atoms with van der Waals surface area (Å²) in [5.74, 6) is -0.515. The lowest BCUT2D eigenvalue weighted by Crippen LogP contribution is -2.04. The Morgan fingerprint density at radius 3 is 2.54 bits per heavy atom. The van der Waals surface area contributed by atoms with E-state index in [0.29, 0.717) is 11.8 Å². The normalized spacial score (nSPS) is 9.77. The van der Waals surface area contributed by atoms with Crippen molar-refractivity contribution in [2.75, 3.05) is 7.11 Å². The quantitative estimate of drug-likeness (QED) is 0.551. The van der Waals surface area contributed by atoms with Crippen LogP contribution in [0.1, 0.15) is 32.1 Å². The minimum Gasteiger partial charge on any atom is -0.464 e. The molecule has 0 atom stereocenters. The number of nitrogens with one attached hydrogen (secondary N) is 1. The molecule has 70 valence electrons. The highest BCUT2D eigenvalue weighted by Gasteiger charge is 2.17. The highest BCUT2D eigenvalue weighted by molar-refractivity contribution is 5.98. The maximum absolute atomic E-state index is 11.1. The molecule has 0 saturated heterocycles. The van der Waals surface area contributed by atoms with Crippen molar-refractivity contribution < 1.29 is 14.3 Å². The van der Waals surface area contributed by atoms with Crippen LogP contribution in [-0.2, 0) is 4.74 Å². The molecule has 0 radical (unpaired) electrons. The van der Waals surface area contributed by atoms with Crippen LogP contribution < -0.4 is 0 Å². The summed E-state index contributed by atoms with van der Waals surface area (Å²) in [6.07, 6.45) is 0.658. The van der Waals surface area contributed by atoms with Crippen molar-refractivity contribution in [2.24, 2.45) is 0 Å². The molecular formula is C9H11NO3. The van der Waals surface area contributed by atoms with Crippen LogP contribution in [0.4, 0.5) is 0 Å². The molecule has 4 nitrogen and oxygen atoms in total. The summed E-state index contributed by atoms with van der Waals surface area (Å²) in [5.41, 5.74) is 2.20. The highest BCUT2D eigenvalue weighted by atomic mass is 16.5. The van der Waals surface area contributed by atoms with Crippen LogP contribution in [0.25, 0.3) is 0 Å². The van der Waals surface area contributed by atoms with Gasteiger partial charge in [-0.3, -0.25) is 4.79 Å². The second-order valence-corrected chi connectivity index (χ2v) is 2.77. The molecule has 1 rings (SSSR count). The first-order valence-electron chi connectivity index (χ1n) is 3.84. The number of carbonyl (C=O) groups is 2. The third-order valence-electron chi connectivity index (χ3n) is 2.06. The van der Waals surface area contributed by atoms with Gasteiger partial charge in [-0.15, -0.1) is 0 Å². The van der Waals surface area contributed by atoms with E-state index in [-0.39, 0.29) is 5.69 Å². The minimum atomic E-state index is -0.515. The van der Waals surface area contributed by atoms with Crippen LogP contribution >= 0.6 is 0 Å². The van der Waals surface area contributed by atoms with Gasteiger partial charge in [0.2, 0.25) is 0 Å². The third-order valence-corrected chi connectivity index (χ3v) is 2.06. The molecular weight excluding hydrogens is 170 g/mol. The molecule has 0 aliphatic heterocycles. The zero-order valence-corrected chi connectivity index (χ0v) is 7.80. The molecule has 0 aliphatic carbocycles. The van der Waals surface area contributed by atoms with Crippen molar-refractivity contribution >= 4 is 12.3 Å². The van der Waals surface area contributed by atoms with E-state index in [9.17, 15) is 9.59 Å². The molecule has 0 fully saturated rings. The number of ether oxygens (including phenoxy) is 1. The molecule has 0 bridgehead atoms. The maximum atomic E-state index is 11.1. The Morgan fingerprint density at radius 1 is 1.46 bits per heavy atom. The Morgan fingerprint density at radius 2 is 2.08 bits per heavy atom. The molecule has 0 unspecified atom stereocenters. The summed E-state index contributed by atoms with van der Waals surface area (Å²) >= 11 is 0. The second kappa shape index (κ2) is 3.43. The second-order valence-electron chi connectivity index (χ2n) is 2.77. The predicted octanol–water partition coefficient (Wildman–Crippen LogP) is 1.23. The van der Waals surface area contributed by atoms with E-state index in [4.69, 9.17) is 0 Å². The number of carbonyl (C=O) groups excluding carboxylic acids is 2. The summed E-state index contributed by atoms with van der Waals surface area (Å²) in [6.45, 7) is 3.58. The summed E-state index contributed by atoms with van der Waals surface area (Å²) in [6, 6.07) is 0. The molecule has 13 heavy (non-hydrogen) atoms. The molecule has 1 N–H and O–H groups in total. The first-order chi connectivity index (χ1) is 6.11. The minimum absolute atomic E-state index is 0.229. The molecule has 1 heterocycles. The number of rotatable bonds is 2. The first kappa shape index (κ1) is 9.51. The van der Waals surface area contributed by atoms with Crippen molar-refractivity contribution in [3.63, 3.8) is 0 Å². The number of hydrogen-bond donors (Lipinski definition) is 1. The Balaban J connectivity index is 3.29. The fourth-order valence-electron chi connectivity index (χ4n) is 1.15. The van der Waals surface area contributed by atoms with Crippen LogP contribution in [-0.4, -0.2) is 24.3 Å². The van der Waals surface area contributed by atoms with Crippen molar-refractivity contribution in [3.8, 4) is 0 Å². The van der Waals surface area contributed by atoms with Gasteiger partial charge in [0.25, 0.3) is 0 Å². The average molecular weight is 181 g/mol. The van der Waals surface area contributed by atoms with E-state index in [1.165, 1.54) is 7.11 Å². The van der Waals surface area contributed by atoms with Crippen molar-refractivity contribution in [2.45, 2.75) is 13.8 Å². The number of aromatic amines is 1. The first-order valence-corrected chi connectivity index (χ1v) is 3.84. The zero-order valence-electron chi connectivity index (χ0n) is 7.80. The van der Waals surface area contributed by atoms with Gasteiger partial charge in [0.1, 0.15) is 5.69 Å². The van der Waals surface area contributed by atoms with Crippen LogP contribution in [0.3, 0.4) is 0 Å². The summed E-state index contributed by atoms with van der Waals surface area (Å²) in [5, 5.41) is 0. The summed E-state index contributed by atoms with van der Waals surface area (Å²) < 4.78 is 4.52. The average Bonchev–Trinajstić information content (AvgIpc) is 2.42. The van der Waals surface area contributed by atoms with Crippen LogP contribution in [0, 0.1) is 13.8 Å². The monoisotopic (exact) mass is 181 g/mol. The Kier molecular flexibility index (Phi) is 2.51. The molecule has 0 aliphatic rings. The molecule has 1 aromatic rings.